The van der Waals surface area contributed by atoms with E-state index in [2.05, 4.69) is 67.6 Å². The van der Waals surface area contributed by atoms with Crippen molar-refractivity contribution in [2.24, 2.45) is 10.8 Å². The van der Waals surface area contributed by atoms with Crippen LogP contribution in [0.1, 0.15) is 162 Å². The first-order valence-corrected chi connectivity index (χ1v) is 36.0. The minimum Gasteiger partial charge on any atom is -0.497 e. The molecule has 0 spiro atoms. The fourth-order valence-corrected chi connectivity index (χ4v) is 14.1. The molecule has 0 unspecified atom stereocenters. The number of likely N-dealkylation sites (tertiary alicyclic amines) is 1. The molecule has 17 rings (SSSR count). The Kier molecular flexibility index (Phi) is 24.9. The van der Waals surface area contributed by atoms with Crippen LogP contribution < -0.4 is 9.47 Å². The van der Waals surface area contributed by atoms with Gasteiger partial charge in [0, 0.05) is 160 Å². The number of hydrogen-bond acceptors (Lipinski definition) is 14. The molecular weight excluding hydrogens is 1360 g/mol. The first kappa shape index (κ1) is 75.0. The molecule has 0 bridgehead atoms. The van der Waals surface area contributed by atoms with Gasteiger partial charge in [-0.15, -0.1) is 0 Å². The van der Waals surface area contributed by atoms with Crippen LogP contribution in [0.15, 0.2) is 196 Å². The van der Waals surface area contributed by atoms with Crippen molar-refractivity contribution in [3.05, 3.63) is 256 Å². The maximum absolute atomic E-state index is 12.8. The van der Waals surface area contributed by atoms with Crippen molar-refractivity contribution in [3.8, 4) is 29.2 Å². The second-order valence-corrected chi connectivity index (χ2v) is 28.6. The minimum absolute atomic E-state index is 0.0000141. The third kappa shape index (κ3) is 19.4. The maximum Gasteiger partial charge on any atom is 0.256 e. The van der Waals surface area contributed by atoms with Crippen LogP contribution in [-0.2, 0) is 32.6 Å². The summed E-state index contributed by atoms with van der Waals surface area (Å²) in [6.07, 6.45) is 34.4. The number of fused-ring (bicyclic) bond motifs is 6. The number of carbonyl (C=O) groups excluding carboxylic acids is 4. The number of nitrogens with one attached hydrogen (secondary N) is 1. The summed E-state index contributed by atoms with van der Waals surface area (Å²) >= 11 is 11.5. The maximum atomic E-state index is 12.8. The van der Waals surface area contributed by atoms with Gasteiger partial charge < -0.3 is 38.3 Å². The highest BCUT2D eigenvalue weighted by atomic mass is 35.5. The number of Topliss-reactive ketones (excluding diaryl/α,β-unsaturated/α-hetero) is 1. The number of piperidine rings is 1. The summed E-state index contributed by atoms with van der Waals surface area (Å²) in [4.78, 5) is 86.3. The predicted molar refractivity (Wildman–Crippen MR) is 410 cm³/mol. The molecule has 1 N–H and O–H groups in total. The number of ether oxygens (including phenoxy) is 2. The van der Waals surface area contributed by atoms with Gasteiger partial charge in [-0.1, -0.05) is 88.5 Å². The van der Waals surface area contributed by atoms with Gasteiger partial charge in [0.1, 0.15) is 33.4 Å². The smallest absolute Gasteiger partial charge is 0.256 e. The number of carbonyl (C=O) groups is 4. The topological polar surface area (TPSA) is 236 Å². The molecule has 3 amide bonds. The van der Waals surface area contributed by atoms with Gasteiger partial charge >= 0.3 is 0 Å². The van der Waals surface area contributed by atoms with E-state index in [0.717, 1.165) is 122 Å². The Bertz CT molecular complexity index is 4980. The van der Waals surface area contributed by atoms with Crippen molar-refractivity contribution >= 4 is 79.4 Å². The van der Waals surface area contributed by atoms with Crippen molar-refractivity contribution in [2.75, 3.05) is 27.3 Å². The molecule has 22 heteroatoms. The van der Waals surface area contributed by atoms with Crippen molar-refractivity contribution in [2.45, 2.75) is 125 Å². The number of aryl methyl sites for hydroxylation is 1. The van der Waals surface area contributed by atoms with E-state index in [4.69, 9.17) is 37.9 Å². The van der Waals surface area contributed by atoms with Crippen molar-refractivity contribution in [3.63, 3.8) is 0 Å². The molecule has 538 valence electrons. The molecule has 0 radical (unpaired) electrons. The second kappa shape index (κ2) is 34.9. The Hall–Kier alpha value is -11.1. The van der Waals surface area contributed by atoms with E-state index in [1.165, 1.54) is 32.1 Å². The highest BCUT2D eigenvalue weighted by Crippen LogP contribution is 2.45. The Morgan fingerprint density at radius 3 is 1.56 bits per heavy atom. The Morgan fingerprint density at radius 1 is 0.552 bits per heavy atom. The van der Waals surface area contributed by atoms with Gasteiger partial charge in [0.15, 0.2) is 5.78 Å². The molecule has 12 aromatic rings. The molecule has 2 aromatic carbocycles. The lowest BCUT2D eigenvalue weighted by Gasteiger charge is -2.40. The quantitative estimate of drug-likeness (QED) is 0.132. The van der Waals surface area contributed by atoms with E-state index in [1.54, 1.807) is 80.7 Å². The lowest BCUT2D eigenvalue weighted by Crippen LogP contribution is -2.35. The van der Waals surface area contributed by atoms with E-state index in [9.17, 15) is 19.2 Å². The zero-order valence-electron chi connectivity index (χ0n) is 60.3. The van der Waals surface area contributed by atoms with Crippen LogP contribution in [0.3, 0.4) is 0 Å². The van der Waals surface area contributed by atoms with E-state index >= 15 is 0 Å². The zero-order chi connectivity index (χ0) is 74.0. The standard InChI is InChI=1S/C22H18N4O2.C15H13ClN2O2.C15H11N3O.C11H13ClN2O.C10H20.C7H6N2.C3H5N/c1-28-18-4-2-15(3-5-18)13-25-14-17-10-21(24-12-19(17)22(25)27)26-9-7-16-11-23-8-6-20(16)26;1-20-12-4-2-10(3-5-12)8-18-9-11-6-14(16)17-7-13(11)15(18)19;19-14-2-1-10-7-15(17-9-12(10)14)18-6-4-11-8-16-5-3-13(11)18;12-10-5-4-9(8-13-10)11(15)14-6-2-1-3-7-14;1-9(2)6-5-7-10(3,4)8-9;1-4-9-7-2-3-8-5-6(1)7;1-2-3-4/h2-12H,13-14H2,1H3;2-7H,8-9H2,1H3;3-9H,1-2H2;4-5,8H,1-3,6-7H2;5-8H2,1-4H3;1-5,9H;2H2,1H3. The van der Waals surface area contributed by atoms with E-state index in [0.29, 0.717) is 76.8 Å². The molecule has 1 saturated heterocycles. The number of aromatic nitrogens is 10. The number of hydrogen-bond donors (Lipinski definition) is 1. The third-order valence-electron chi connectivity index (χ3n) is 18.9. The fourth-order valence-electron chi connectivity index (χ4n) is 13.8. The third-order valence-corrected chi connectivity index (χ3v) is 19.3. The average molecular weight is 1450 g/mol. The largest absolute Gasteiger partial charge is 0.497 e. The summed E-state index contributed by atoms with van der Waals surface area (Å²) in [6.45, 7) is 15.4. The van der Waals surface area contributed by atoms with Gasteiger partial charge in [-0.3, -0.25) is 34.1 Å². The highest BCUT2D eigenvalue weighted by Gasteiger charge is 2.33. The summed E-state index contributed by atoms with van der Waals surface area (Å²) in [5.74, 6) is 3.57. The average Bonchev–Trinajstić information content (AvgIpc) is 1.63. The summed E-state index contributed by atoms with van der Waals surface area (Å²) in [6, 6.07) is 38.5. The Balaban J connectivity index is 0.000000129. The van der Waals surface area contributed by atoms with Gasteiger partial charge in [0.25, 0.3) is 17.7 Å². The summed E-state index contributed by atoms with van der Waals surface area (Å²) in [7, 11) is 3.27. The molecule has 5 aliphatic rings. The number of nitrogens with zero attached hydrogens (tertiary/aromatic N) is 13. The van der Waals surface area contributed by atoms with E-state index in [1.807, 2.05) is 166 Å². The normalized spacial score (nSPS) is 14.9. The second-order valence-electron chi connectivity index (χ2n) is 27.8. The summed E-state index contributed by atoms with van der Waals surface area (Å²) in [5.41, 5.74) is 12.4. The van der Waals surface area contributed by atoms with Gasteiger partial charge in [-0.05, 0) is 175 Å². The number of benzene rings is 2. The van der Waals surface area contributed by atoms with E-state index < -0.39 is 0 Å². The molecule has 1 saturated carbocycles. The Morgan fingerprint density at radius 2 is 1.06 bits per heavy atom. The molecule has 3 aliphatic heterocycles. The number of halogens is 2. The van der Waals surface area contributed by atoms with Crippen molar-refractivity contribution < 1.29 is 28.7 Å². The van der Waals surface area contributed by atoms with Crippen LogP contribution in [-0.4, -0.2) is 115 Å². The number of nitriles is 1. The first-order valence-electron chi connectivity index (χ1n) is 35.3. The van der Waals surface area contributed by atoms with Gasteiger partial charge in [-0.25, -0.2) is 19.9 Å². The molecule has 20 nitrogen and oxygen atoms in total. The van der Waals surface area contributed by atoms with Crippen molar-refractivity contribution in [1.29, 1.82) is 5.26 Å². The van der Waals surface area contributed by atoms with E-state index in [-0.39, 0.29) is 23.5 Å². The number of ketones is 1. The van der Waals surface area contributed by atoms with Crippen LogP contribution in [0.4, 0.5) is 0 Å². The minimum atomic E-state index is -0.0000141. The van der Waals surface area contributed by atoms with Crippen molar-refractivity contribution in [1.82, 2.24) is 63.7 Å². The number of H-pyrrole nitrogens is 1. The van der Waals surface area contributed by atoms with Gasteiger partial charge in [0.05, 0.1) is 48.0 Å². The van der Waals surface area contributed by atoms with Gasteiger partial charge in [0.2, 0.25) is 0 Å². The SMILES string of the molecule is CC1(C)CCCC(C)(C)C1.CCC#N.COc1ccc(CN2Cc3cc(-n4ccc5cnccc54)ncc3C2=O)cc1.COc1ccc(CN2Cc3cc(Cl)ncc3C2=O)cc1.O=C(c1ccc(Cl)nc1)N1CCCCC1.O=C1CCc2cc(-n3ccc4cnccc43)ncc21.c1cc2[nH]ccc2cn1. The van der Waals surface area contributed by atoms with Gasteiger partial charge in [-0.2, -0.15) is 5.26 Å². The van der Waals surface area contributed by atoms with Crippen LogP contribution >= 0.6 is 23.2 Å². The first-order chi connectivity index (χ1) is 50.8. The van der Waals surface area contributed by atoms with Crippen LogP contribution in [0.5, 0.6) is 11.5 Å². The number of pyridine rings is 7. The molecule has 13 heterocycles. The summed E-state index contributed by atoms with van der Waals surface area (Å²) < 4.78 is 14.4. The highest BCUT2D eigenvalue weighted by molar-refractivity contribution is 6.29. The molecule has 10 aromatic heterocycles. The molecule has 105 heavy (non-hydrogen) atoms. The zero-order valence-corrected chi connectivity index (χ0v) is 61.8. The summed E-state index contributed by atoms with van der Waals surface area (Å²) in [5, 5.41) is 11.8. The molecular formula is C83H86Cl2N14O6. The monoisotopic (exact) mass is 1440 g/mol. The Labute approximate surface area is 622 Å². The number of amides is 3. The number of aromatic amines is 1. The lowest BCUT2D eigenvalue weighted by molar-refractivity contribution is 0.0721. The lowest BCUT2D eigenvalue weighted by atomic mass is 9.65. The molecule has 0 atom stereocenters. The molecule has 2 aliphatic carbocycles. The molecule has 2 fully saturated rings. The van der Waals surface area contributed by atoms with Crippen LogP contribution in [0, 0.1) is 22.2 Å². The number of methoxy groups -OCH3 is 2. The fraction of sp³-hybridized carbons (Fsp3) is 0.301. The predicted octanol–water partition coefficient (Wildman–Crippen LogP) is 17.5. The number of rotatable bonds is 9. The van der Waals surface area contributed by atoms with Crippen LogP contribution in [0.2, 0.25) is 10.3 Å². The van der Waals surface area contributed by atoms with Crippen LogP contribution in [0.25, 0.3) is 44.3 Å².